The number of aromatic amines is 1. The van der Waals surface area contributed by atoms with Gasteiger partial charge in [-0.25, -0.2) is 4.68 Å². The average molecular weight is 536 g/mol. The van der Waals surface area contributed by atoms with E-state index in [9.17, 15) is 4.79 Å². The minimum absolute atomic E-state index is 0.0664. The summed E-state index contributed by atoms with van der Waals surface area (Å²) in [7, 11) is 1.63. The summed E-state index contributed by atoms with van der Waals surface area (Å²) in [6.07, 6.45) is 2.07. The number of fused-ring (bicyclic) bond motifs is 1. The number of H-pyrrole nitrogens is 1. The van der Waals surface area contributed by atoms with Crippen molar-refractivity contribution >= 4 is 28.2 Å². The van der Waals surface area contributed by atoms with Crippen LogP contribution in [0.3, 0.4) is 0 Å². The molecule has 4 heterocycles. The number of methoxy groups -OCH3 is 1. The molecule has 0 amide bonds. The SMILES string of the molecule is COc1ccc2[nH]c(=O)c([C@H](c3nnnn3C[C@H]3CCCO3)N3CCN(c4cccc(Cl)c4)CC3)cc2c1. The van der Waals surface area contributed by atoms with Crippen LogP contribution >= 0.6 is 11.6 Å². The van der Waals surface area contributed by atoms with Crippen LogP contribution in [-0.2, 0) is 11.3 Å². The Kier molecular flexibility index (Phi) is 7.01. The van der Waals surface area contributed by atoms with Gasteiger partial charge in [0.15, 0.2) is 5.82 Å². The molecule has 10 nitrogen and oxygen atoms in total. The molecule has 1 N–H and O–H groups in total. The van der Waals surface area contributed by atoms with E-state index in [1.54, 1.807) is 11.8 Å². The van der Waals surface area contributed by atoms with Crippen LogP contribution in [0.15, 0.2) is 53.3 Å². The maximum absolute atomic E-state index is 13.5. The van der Waals surface area contributed by atoms with Gasteiger partial charge in [-0.15, -0.1) is 5.10 Å². The molecule has 0 aliphatic carbocycles. The molecule has 6 rings (SSSR count). The van der Waals surface area contributed by atoms with Gasteiger partial charge in [0.2, 0.25) is 0 Å². The van der Waals surface area contributed by atoms with Crippen LogP contribution in [0.1, 0.15) is 30.3 Å². The molecule has 198 valence electrons. The highest BCUT2D eigenvalue weighted by molar-refractivity contribution is 6.30. The monoisotopic (exact) mass is 535 g/mol. The van der Waals surface area contributed by atoms with E-state index in [-0.39, 0.29) is 11.7 Å². The number of benzene rings is 2. The van der Waals surface area contributed by atoms with Gasteiger partial charge in [0.25, 0.3) is 5.56 Å². The number of halogens is 1. The Hall–Kier alpha value is -3.47. The van der Waals surface area contributed by atoms with Gasteiger partial charge in [0, 0.05) is 60.0 Å². The summed E-state index contributed by atoms with van der Waals surface area (Å²) in [6, 6.07) is 15.1. The Morgan fingerprint density at radius 2 is 2.03 bits per heavy atom. The number of anilines is 1. The zero-order chi connectivity index (χ0) is 26.1. The van der Waals surface area contributed by atoms with Crippen LogP contribution in [0.25, 0.3) is 10.9 Å². The summed E-state index contributed by atoms with van der Waals surface area (Å²) in [5, 5.41) is 14.4. The number of pyridine rings is 1. The van der Waals surface area contributed by atoms with E-state index in [4.69, 9.17) is 21.1 Å². The molecule has 2 fully saturated rings. The third kappa shape index (κ3) is 4.99. The standard InChI is InChI=1S/C27H30ClN7O3/c1-37-21-7-8-24-18(14-21)15-23(27(36)29-24)25(26-30-31-32-35(26)17-22-6-3-13-38-22)34-11-9-33(10-12-34)20-5-2-4-19(28)16-20/h2,4-5,7-8,14-16,22,25H,3,6,9-13,17H2,1H3,(H,29,36)/t22-,25-/m1/s1. The zero-order valence-electron chi connectivity index (χ0n) is 21.2. The third-order valence-corrected chi connectivity index (χ3v) is 7.67. The molecule has 0 bridgehead atoms. The maximum Gasteiger partial charge on any atom is 0.253 e. The lowest BCUT2D eigenvalue weighted by Gasteiger charge is -2.39. The molecule has 2 aromatic heterocycles. The summed E-state index contributed by atoms with van der Waals surface area (Å²) in [5.74, 6) is 1.37. The molecular formula is C27H30ClN7O3. The number of rotatable bonds is 7. The molecule has 2 aliphatic heterocycles. The van der Waals surface area contributed by atoms with Crippen LogP contribution in [-0.4, -0.2) is 76.1 Å². The second-order valence-electron chi connectivity index (χ2n) is 9.77. The van der Waals surface area contributed by atoms with Crippen LogP contribution < -0.4 is 15.2 Å². The number of hydrogen-bond acceptors (Lipinski definition) is 8. The normalized spacial score (nSPS) is 19.2. The second-order valence-corrected chi connectivity index (χ2v) is 10.2. The molecular weight excluding hydrogens is 506 g/mol. The Balaban J connectivity index is 1.37. The van der Waals surface area contributed by atoms with Gasteiger partial charge in [0.1, 0.15) is 11.8 Å². The molecule has 11 heteroatoms. The number of piperazine rings is 1. The first-order valence-corrected chi connectivity index (χ1v) is 13.3. The molecule has 2 aliphatic rings. The van der Waals surface area contributed by atoms with E-state index in [2.05, 4.69) is 36.4 Å². The fourth-order valence-electron chi connectivity index (χ4n) is 5.46. The van der Waals surface area contributed by atoms with Crippen molar-refractivity contribution in [3.05, 3.63) is 75.3 Å². The van der Waals surface area contributed by atoms with Gasteiger partial charge in [-0.1, -0.05) is 17.7 Å². The second kappa shape index (κ2) is 10.7. The van der Waals surface area contributed by atoms with Crippen LogP contribution in [0.2, 0.25) is 5.02 Å². The highest BCUT2D eigenvalue weighted by atomic mass is 35.5. The molecule has 38 heavy (non-hydrogen) atoms. The van der Waals surface area contributed by atoms with Crippen molar-refractivity contribution in [1.82, 2.24) is 30.1 Å². The highest BCUT2D eigenvalue weighted by Gasteiger charge is 2.33. The van der Waals surface area contributed by atoms with E-state index >= 15 is 0 Å². The topological polar surface area (TPSA) is 101 Å². The summed E-state index contributed by atoms with van der Waals surface area (Å²) in [4.78, 5) is 21.2. The van der Waals surface area contributed by atoms with E-state index < -0.39 is 6.04 Å². The molecule has 2 saturated heterocycles. The van der Waals surface area contributed by atoms with Crippen molar-refractivity contribution in [3.8, 4) is 5.75 Å². The van der Waals surface area contributed by atoms with E-state index in [1.165, 1.54) is 0 Å². The van der Waals surface area contributed by atoms with Crippen LogP contribution in [0, 0.1) is 0 Å². The number of ether oxygens (including phenoxy) is 2. The minimum Gasteiger partial charge on any atom is -0.497 e. The van der Waals surface area contributed by atoms with Crippen molar-refractivity contribution in [1.29, 1.82) is 0 Å². The molecule has 0 spiro atoms. The van der Waals surface area contributed by atoms with Gasteiger partial charge in [-0.3, -0.25) is 9.69 Å². The van der Waals surface area contributed by atoms with Crippen molar-refractivity contribution < 1.29 is 9.47 Å². The van der Waals surface area contributed by atoms with Gasteiger partial charge in [-0.2, -0.15) is 0 Å². The number of nitrogens with zero attached hydrogens (tertiary/aromatic N) is 6. The quantitative estimate of drug-likeness (QED) is 0.385. The van der Waals surface area contributed by atoms with Crippen molar-refractivity contribution in [2.24, 2.45) is 0 Å². The first kappa shape index (κ1) is 24.8. The van der Waals surface area contributed by atoms with Crippen molar-refractivity contribution in [3.63, 3.8) is 0 Å². The first-order valence-electron chi connectivity index (χ1n) is 12.9. The Bertz CT molecular complexity index is 1480. The van der Waals surface area contributed by atoms with Gasteiger partial charge < -0.3 is 19.4 Å². The predicted octanol–water partition coefficient (Wildman–Crippen LogP) is 3.27. The fourth-order valence-corrected chi connectivity index (χ4v) is 5.65. The van der Waals surface area contributed by atoms with Crippen molar-refractivity contribution in [2.75, 3.05) is 44.8 Å². The predicted molar refractivity (Wildman–Crippen MR) is 145 cm³/mol. The zero-order valence-corrected chi connectivity index (χ0v) is 22.0. The Morgan fingerprint density at radius 1 is 1.16 bits per heavy atom. The molecule has 2 aromatic carbocycles. The Labute approximate surface area is 225 Å². The lowest BCUT2D eigenvalue weighted by Crippen LogP contribution is -2.49. The first-order chi connectivity index (χ1) is 18.6. The lowest BCUT2D eigenvalue weighted by molar-refractivity contribution is 0.0906. The molecule has 2 atom stereocenters. The lowest BCUT2D eigenvalue weighted by atomic mass is 10.0. The number of hydrogen-bond donors (Lipinski definition) is 1. The number of nitrogens with one attached hydrogen (secondary N) is 1. The Morgan fingerprint density at radius 3 is 2.79 bits per heavy atom. The summed E-state index contributed by atoms with van der Waals surface area (Å²) < 4.78 is 13.1. The van der Waals surface area contributed by atoms with Gasteiger partial charge in [-0.05, 0) is 65.7 Å². The smallest absolute Gasteiger partial charge is 0.253 e. The maximum atomic E-state index is 13.5. The number of tetrazole rings is 1. The van der Waals surface area contributed by atoms with E-state index in [0.29, 0.717) is 23.0 Å². The highest BCUT2D eigenvalue weighted by Crippen LogP contribution is 2.30. The van der Waals surface area contributed by atoms with E-state index in [1.807, 2.05) is 42.5 Å². The average Bonchev–Trinajstić information content (AvgIpc) is 3.62. The summed E-state index contributed by atoms with van der Waals surface area (Å²) >= 11 is 6.25. The largest absolute Gasteiger partial charge is 0.497 e. The van der Waals surface area contributed by atoms with Crippen molar-refractivity contribution in [2.45, 2.75) is 31.5 Å². The van der Waals surface area contributed by atoms with Gasteiger partial charge in [0.05, 0.1) is 19.8 Å². The van der Waals surface area contributed by atoms with Gasteiger partial charge >= 0.3 is 0 Å². The molecule has 0 unspecified atom stereocenters. The number of aromatic nitrogens is 5. The van der Waals surface area contributed by atoms with Crippen LogP contribution in [0.4, 0.5) is 5.69 Å². The fraction of sp³-hybridized carbons (Fsp3) is 0.407. The van der Waals surface area contributed by atoms with E-state index in [0.717, 1.165) is 68.0 Å². The molecule has 4 aromatic rings. The third-order valence-electron chi connectivity index (χ3n) is 7.43. The molecule has 0 saturated carbocycles. The van der Waals surface area contributed by atoms with Crippen LogP contribution in [0.5, 0.6) is 5.75 Å². The summed E-state index contributed by atoms with van der Waals surface area (Å²) in [6.45, 7) is 4.32. The molecule has 0 radical (unpaired) electrons. The summed E-state index contributed by atoms with van der Waals surface area (Å²) in [5.41, 5.74) is 2.29. The minimum atomic E-state index is -0.424.